The van der Waals surface area contributed by atoms with E-state index in [4.69, 9.17) is 5.73 Å². The van der Waals surface area contributed by atoms with Crippen molar-refractivity contribution in [3.05, 3.63) is 59.4 Å². The average molecular weight is 396 g/mol. The highest BCUT2D eigenvalue weighted by Gasteiger charge is 2.40. The van der Waals surface area contributed by atoms with Crippen molar-refractivity contribution in [3.63, 3.8) is 0 Å². The molecule has 1 fully saturated rings. The number of para-hydroxylation sites is 1. The minimum Gasteiger partial charge on any atom is -0.336 e. The van der Waals surface area contributed by atoms with Gasteiger partial charge in [0.05, 0.1) is 11.2 Å². The number of hydrogen-bond donors (Lipinski definition) is 3. The van der Waals surface area contributed by atoms with Gasteiger partial charge in [0.2, 0.25) is 5.91 Å². The molecule has 7 heteroatoms. The molecule has 0 saturated heterocycles. The third-order valence-corrected chi connectivity index (χ3v) is 5.85. The number of hydrogen-bond acceptors (Lipinski definition) is 3. The van der Waals surface area contributed by atoms with Gasteiger partial charge in [-0.05, 0) is 48.6 Å². The van der Waals surface area contributed by atoms with E-state index in [2.05, 4.69) is 10.6 Å². The van der Waals surface area contributed by atoms with Crippen molar-refractivity contribution in [2.24, 2.45) is 5.73 Å². The number of amides is 3. The first kappa shape index (κ1) is 19.4. The number of nitrogens with zero attached hydrogens (tertiary/aromatic N) is 1. The van der Waals surface area contributed by atoms with Crippen LogP contribution >= 0.6 is 0 Å². The van der Waals surface area contributed by atoms with E-state index in [-0.39, 0.29) is 11.6 Å². The van der Waals surface area contributed by atoms with Gasteiger partial charge in [-0.25, -0.2) is 9.18 Å². The first-order valence-corrected chi connectivity index (χ1v) is 9.98. The Balaban J connectivity index is 1.46. The summed E-state index contributed by atoms with van der Waals surface area (Å²) in [6.45, 7) is 1.05. The molecule has 0 bridgehead atoms. The Labute approximate surface area is 169 Å². The fourth-order valence-corrected chi connectivity index (χ4v) is 4.27. The zero-order valence-corrected chi connectivity index (χ0v) is 16.2. The number of carbonyl (C=O) groups is 2. The van der Waals surface area contributed by atoms with E-state index < -0.39 is 17.4 Å². The molecule has 1 aliphatic carbocycles. The number of carbonyl (C=O) groups excluding carboxylic acids is 2. The topological polar surface area (TPSA) is 87.5 Å². The van der Waals surface area contributed by atoms with Crippen LogP contribution in [0.25, 0.3) is 0 Å². The lowest BCUT2D eigenvalue weighted by molar-refractivity contribution is -0.137. The molecule has 1 aliphatic heterocycles. The summed E-state index contributed by atoms with van der Waals surface area (Å²) < 4.78 is 13.7. The van der Waals surface area contributed by atoms with Crippen LogP contribution in [0, 0.1) is 5.82 Å². The smallest absolute Gasteiger partial charge is 0.323 e. The quantitative estimate of drug-likeness (QED) is 0.740. The summed E-state index contributed by atoms with van der Waals surface area (Å²) in [6, 6.07) is 11.1. The molecule has 2 aliphatic rings. The molecular formula is C22H25FN4O2. The van der Waals surface area contributed by atoms with E-state index in [9.17, 15) is 14.0 Å². The summed E-state index contributed by atoms with van der Waals surface area (Å²) in [5.41, 5.74) is 8.41. The zero-order valence-electron chi connectivity index (χ0n) is 16.2. The van der Waals surface area contributed by atoms with Crippen LogP contribution in [-0.2, 0) is 17.8 Å². The molecule has 0 atom stereocenters. The fraction of sp³-hybridized carbons (Fsp3) is 0.364. The Morgan fingerprint density at radius 3 is 2.45 bits per heavy atom. The van der Waals surface area contributed by atoms with E-state index in [0.717, 1.165) is 36.8 Å². The number of anilines is 2. The Morgan fingerprint density at radius 1 is 1.00 bits per heavy atom. The standard InChI is InChI=1S/C22H25FN4O2/c23-17-7-1-2-8-19(17)26-21(29)25-18-9-5-6-15-14-27(13-10-16(15)18)20(28)22(24)11-3-4-12-22/h1-2,5-9H,3-4,10-14,24H2,(H2,25,26,29). The predicted molar refractivity (Wildman–Crippen MR) is 110 cm³/mol. The number of rotatable bonds is 3. The minimum absolute atomic E-state index is 0.0244. The van der Waals surface area contributed by atoms with Gasteiger partial charge in [0.15, 0.2) is 0 Å². The van der Waals surface area contributed by atoms with E-state index in [1.807, 2.05) is 23.1 Å². The van der Waals surface area contributed by atoms with Crippen LogP contribution in [0.1, 0.15) is 36.8 Å². The van der Waals surface area contributed by atoms with Crippen LogP contribution in [0.3, 0.4) is 0 Å². The maximum atomic E-state index is 13.7. The molecule has 1 saturated carbocycles. The van der Waals surface area contributed by atoms with E-state index in [0.29, 0.717) is 25.2 Å². The van der Waals surface area contributed by atoms with Crippen LogP contribution in [0.2, 0.25) is 0 Å². The predicted octanol–water partition coefficient (Wildman–Crippen LogP) is 3.63. The van der Waals surface area contributed by atoms with Crippen molar-refractivity contribution in [3.8, 4) is 0 Å². The Hall–Kier alpha value is -2.93. The zero-order chi connectivity index (χ0) is 20.4. The van der Waals surface area contributed by atoms with Gasteiger partial charge >= 0.3 is 6.03 Å². The molecule has 4 N–H and O–H groups in total. The van der Waals surface area contributed by atoms with Crippen LogP contribution < -0.4 is 16.4 Å². The highest BCUT2D eigenvalue weighted by molar-refractivity contribution is 6.00. The highest BCUT2D eigenvalue weighted by Crippen LogP contribution is 2.32. The van der Waals surface area contributed by atoms with Crippen LogP contribution in [0.5, 0.6) is 0 Å². The van der Waals surface area contributed by atoms with Crippen LogP contribution in [0.15, 0.2) is 42.5 Å². The van der Waals surface area contributed by atoms with Crippen molar-refractivity contribution in [1.29, 1.82) is 0 Å². The molecule has 29 heavy (non-hydrogen) atoms. The number of fused-ring (bicyclic) bond motifs is 1. The second kappa shape index (κ2) is 7.83. The second-order valence-corrected chi connectivity index (χ2v) is 7.84. The largest absolute Gasteiger partial charge is 0.336 e. The third-order valence-electron chi connectivity index (χ3n) is 5.85. The molecule has 1 heterocycles. The summed E-state index contributed by atoms with van der Waals surface area (Å²) in [5.74, 6) is -0.467. The monoisotopic (exact) mass is 396 g/mol. The Morgan fingerprint density at radius 2 is 1.69 bits per heavy atom. The molecule has 6 nitrogen and oxygen atoms in total. The van der Waals surface area contributed by atoms with Crippen molar-refractivity contribution in [2.45, 2.75) is 44.2 Å². The van der Waals surface area contributed by atoms with Gasteiger partial charge < -0.3 is 21.3 Å². The van der Waals surface area contributed by atoms with Crippen molar-refractivity contribution >= 4 is 23.3 Å². The van der Waals surface area contributed by atoms with Gasteiger partial charge in [-0.2, -0.15) is 0 Å². The minimum atomic E-state index is -0.729. The van der Waals surface area contributed by atoms with Gasteiger partial charge in [-0.1, -0.05) is 37.1 Å². The third kappa shape index (κ3) is 3.96. The summed E-state index contributed by atoms with van der Waals surface area (Å²) in [5, 5.41) is 5.34. The number of nitrogens with two attached hydrogens (primary N) is 1. The fourth-order valence-electron chi connectivity index (χ4n) is 4.27. The normalized spacial score (nSPS) is 17.5. The molecular weight excluding hydrogens is 371 g/mol. The van der Waals surface area contributed by atoms with Crippen LogP contribution in [-0.4, -0.2) is 28.9 Å². The molecule has 2 aromatic rings. The Bertz CT molecular complexity index is 940. The van der Waals surface area contributed by atoms with Gasteiger partial charge in [-0.15, -0.1) is 0 Å². The molecule has 0 spiro atoms. The second-order valence-electron chi connectivity index (χ2n) is 7.84. The maximum absolute atomic E-state index is 13.7. The Kier molecular flexibility index (Phi) is 5.24. The number of benzene rings is 2. The van der Waals surface area contributed by atoms with Gasteiger partial charge in [0.1, 0.15) is 5.82 Å². The number of urea groups is 1. The van der Waals surface area contributed by atoms with E-state index in [1.54, 1.807) is 12.1 Å². The SMILES string of the molecule is NC1(C(=O)N2CCc3c(cccc3NC(=O)Nc3ccccc3F)C2)CCCC1. The van der Waals surface area contributed by atoms with Gasteiger partial charge in [0, 0.05) is 18.8 Å². The molecule has 152 valence electrons. The molecule has 4 rings (SSSR count). The molecule has 3 amide bonds. The maximum Gasteiger partial charge on any atom is 0.323 e. The summed E-state index contributed by atoms with van der Waals surface area (Å²) in [6.07, 6.45) is 4.11. The van der Waals surface area contributed by atoms with Crippen LogP contribution in [0.4, 0.5) is 20.6 Å². The van der Waals surface area contributed by atoms with E-state index in [1.165, 1.54) is 12.1 Å². The first-order chi connectivity index (χ1) is 14.0. The van der Waals surface area contributed by atoms with Crippen molar-refractivity contribution < 1.29 is 14.0 Å². The highest BCUT2D eigenvalue weighted by atomic mass is 19.1. The van der Waals surface area contributed by atoms with Crippen molar-refractivity contribution in [2.75, 3.05) is 17.2 Å². The summed E-state index contributed by atoms with van der Waals surface area (Å²) in [4.78, 5) is 27.1. The summed E-state index contributed by atoms with van der Waals surface area (Å²) in [7, 11) is 0. The molecule has 0 radical (unpaired) electrons. The molecule has 2 aromatic carbocycles. The van der Waals surface area contributed by atoms with Gasteiger partial charge in [-0.3, -0.25) is 4.79 Å². The lowest BCUT2D eigenvalue weighted by Gasteiger charge is -2.35. The number of nitrogens with one attached hydrogen (secondary N) is 2. The lowest BCUT2D eigenvalue weighted by atomic mass is 9.93. The first-order valence-electron chi connectivity index (χ1n) is 9.98. The van der Waals surface area contributed by atoms with E-state index >= 15 is 0 Å². The van der Waals surface area contributed by atoms with Gasteiger partial charge in [0.25, 0.3) is 0 Å². The van der Waals surface area contributed by atoms with Crippen molar-refractivity contribution in [1.82, 2.24) is 4.90 Å². The molecule has 0 unspecified atom stereocenters. The average Bonchev–Trinajstić information content (AvgIpc) is 3.17. The lowest BCUT2D eigenvalue weighted by Crippen LogP contribution is -2.54. The molecule has 0 aromatic heterocycles. The number of halogens is 1. The summed E-state index contributed by atoms with van der Waals surface area (Å²) >= 11 is 0.